The van der Waals surface area contributed by atoms with Crippen LogP contribution in [0.5, 0.6) is 0 Å². The van der Waals surface area contributed by atoms with Gasteiger partial charge in [-0.1, -0.05) is 18.2 Å². The summed E-state index contributed by atoms with van der Waals surface area (Å²) in [7, 11) is 1.88. The molecule has 2 heterocycles. The number of fused-ring (bicyclic) bond motifs is 1. The van der Waals surface area contributed by atoms with Crippen LogP contribution in [0.15, 0.2) is 36.5 Å². The van der Waals surface area contributed by atoms with E-state index in [1.165, 1.54) is 17.9 Å². The SMILES string of the molecule is CC(=O)NC(C)C(=O)N(CCc1c[nH]c2ccccc12)Cc1cc(C)nn1C. The van der Waals surface area contributed by atoms with Crippen LogP contribution < -0.4 is 5.32 Å². The topological polar surface area (TPSA) is 83.0 Å². The molecule has 0 spiro atoms. The van der Waals surface area contributed by atoms with E-state index in [-0.39, 0.29) is 11.8 Å². The third-order valence-corrected chi connectivity index (χ3v) is 4.88. The summed E-state index contributed by atoms with van der Waals surface area (Å²) in [5, 5.41) is 8.23. The lowest BCUT2D eigenvalue weighted by Crippen LogP contribution is -2.46. The summed E-state index contributed by atoms with van der Waals surface area (Å²) in [4.78, 5) is 29.5. The highest BCUT2D eigenvalue weighted by atomic mass is 16.2. The molecule has 3 aromatic rings. The molecule has 0 saturated carbocycles. The van der Waals surface area contributed by atoms with Crippen molar-refractivity contribution in [2.45, 2.75) is 39.8 Å². The minimum Gasteiger partial charge on any atom is -0.361 e. The normalized spacial score (nSPS) is 12.1. The van der Waals surface area contributed by atoms with E-state index in [2.05, 4.69) is 21.5 Å². The molecule has 1 atom stereocenters. The summed E-state index contributed by atoms with van der Waals surface area (Å²) in [5.41, 5.74) is 4.13. The predicted octanol–water partition coefficient (Wildman–Crippen LogP) is 2.31. The Balaban J connectivity index is 1.79. The van der Waals surface area contributed by atoms with Crippen LogP contribution >= 0.6 is 0 Å². The van der Waals surface area contributed by atoms with Gasteiger partial charge in [-0.05, 0) is 38.0 Å². The standard InChI is InChI=1S/C21H27N5O2/c1-14-11-18(25(4)24-14)13-26(21(28)15(2)23-16(3)27)10-9-17-12-22-20-8-6-5-7-19(17)20/h5-8,11-12,15,22H,9-10,13H2,1-4H3,(H,23,27). The molecule has 1 unspecified atom stereocenters. The first-order valence-corrected chi connectivity index (χ1v) is 9.45. The van der Waals surface area contributed by atoms with Gasteiger partial charge in [0.15, 0.2) is 0 Å². The molecule has 1 aromatic carbocycles. The van der Waals surface area contributed by atoms with Crippen molar-refractivity contribution in [2.24, 2.45) is 7.05 Å². The summed E-state index contributed by atoms with van der Waals surface area (Å²) in [6.07, 6.45) is 2.72. The number of nitrogens with one attached hydrogen (secondary N) is 2. The molecule has 2 amide bonds. The Kier molecular flexibility index (Phi) is 5.82. The van der Waals surface area contributed by atoms with Gasteiger partial charge in [0.25, 0.3) is 0 Å². The van der Waals surface area contributed by atoms with E-state index in [0.717, 1.165) is 23.3 Å². The van der Waals surface area contributed by atoms with Gasteiger partial charge in [-0.2, -0.15) is 5.10 Å². The van der Waals surface area contributed by atoms with Gasteiger partial charge >= 0.3 is 0 Å². The quantitative estimate of drug-likeness (QED) is 0.659. The van der Waals surface area contributed by atoms with Crippen molar-refractivity contribution in [3.63, 3.8) is 0 Å². The first kappa shape index (κ1) is 19.7. The lowest BCUT2D eigenvalue weighted by Gasteiger charge is -2.26. The number of hydrogen-bond acceptors (Lipinski definition) is 3. The molecule has 0 aliphatic rings. The zero-order valence-corrected chi connectivity index (χ0v) is 16.8. The van der Waals surface area contributed by atoms with Crippen molar-refractivity contribution in [1.82, 2.24) is 25.0 Å². The summed E-state index contributed by atoms with van der Waals surface area (Å²) in [6.45, 7) is 6.07. The third kappa shape index (κ3) is 4.42. The van der Waals surface area contributed by atoms with Crippen LogP contribution in [0.3, 0.4) is 0 Å². The van der Waals surface area contributed by atoms with Crippen LogP contribution in [0.2, 0.25) is 0 Å². The minimum absolute atomic E-state index is 0.103. The van der Waals surface area contributed by atoms with Crippen LogP contribution in [0.1, 0.15) is 30.8 Å². The number of nitrogens with zero attached hydrogens (tertiary/aromatic N) is 3. The molecular weight excluding hydrogens is 354 g/mol. The molecule has 7 heteroatoms. The highest BCUT2D eigenvalue weighted by Crippen LogP contribution is 2.19. The van der Waals surface area contributed by atoms with E-state index in [9.17, 15) is 9.59 Å². The first-order chi connectivity index (χ1) is 13.3. The largest absolute Gasteiger partial charge is 0.361 e. The molecule has 0 radical (unpaired) electrons. The van der Waals surface area contributed by atoms with Crippen molar-refractivity contribution < 1.29 is 9.59 Å². The maximum atomic E-state index is 13.0. The lowest BCUT2D eigenvalue weighted by atomic mass is 10.1. The van der Waals surface area contributed by atoms with Gasteiger partial charge in [-0.3, -0.25) is 14.3 Å². The summed E-state index contributed by atoms with van der Waals surface area (Å²) < 4.78 is 1.80. The van der Waals surface area contributed by atoms with Gasteiger partial charge in [0.05, 0.1) is 17.9 Å². The Morgan fingerprint density at radius 3 is 2.75 bits per heavy atom. The number of H-pyrrole nitrogens is 1. The Morgan fingerprint density at radius 2 is 2.07 bits per heavy atom. The first-order valence-electron chi connectivity index (χ1n) is 9.45. The second-order valence-corrected chi connectivity index (χ2v) is 7.19. The average Bonchev–Trinajstić information content (AvgIpc) is 3.19. The smallest absolute Gasteiger partial charge is 0.245 e. The zero-order valence-electron chi connectivity index (χ0n) is 16.8. The van der Waals surface area contributed by atoms with Gasteiger partial charge in [-0.15, -0.1) is 0 Å². The lowest BCUT2D eigenvalue weighted by molar-refractivity contribution is -0.136. The molecule has 0 saturated heterocycles. The van der Waals surface area contributed by atoms with Crippen LogP contribution in [-0.2, 0) is 29.6 Å². The Hall–Kier alpha value is -3.09. The molecule has 0 bridgehead atoms. The molecule has 0 aliphatic carbocycles. The zero-order chi connectivity index (χ0) is 20.3. The number of carbonyl (C=O) groups is 2. The molecule has 0 aliphatic heterocycles. The summed E-state index contributed by atoms with van der Waals surface area (Å²) in [6, 6.07) is 9.54. The molecule has 148 valence electrons. The number of rotatable bonds is 7. The van der Waals surface area contributed by atoms with Crippen LogP contribution in [-0.4, -0.2) is 44.1 Å². The number of para-hydroxylation sites is 1. The third-order valence-electron chi connectivity index (χ3n) is 4.88. The van der Waals surface area contributed by atoms with Crippen LogP contribution in [0.4, 0.5) is 0 Å². The van der Waals surface area contributed by atoms with Crippen LogP contribution in [0.25, 0.3) is 10.9 Å². The van der Waals surface area contributed by atoms with Crippen molar-refractivity contribution in [3.8, 4) is 0 Å². The van der Waals surface area contributed by atoms with E-state index in [1.54, 1.807) is 16.5 Å². The maximum Gasteiger partial charge on any atom is 0.245 e. The molecular formula is C21H27N5O2. The fraction of sp³-hybridized carbons (Fsp3) is 0.381. The van der Waals surface area contributed by atoms with Crippen molar-refractivity contribution in [3.05, 3.63) is 53.5 Å². The highest BCUT2D eigenvalue weighted by molar-refractivity contribution is 5.87. The number of carbonyl (C=O) groups excluding carboxylic acids is 2. The van der Waals surface area contributed by atoms with E-state index in [1.807, 2.05) is 44.4 Å². The predicted molar refractivity (Wildman–Crippen MR) is 109 cm³/mol. The fourth-order valence-electron chi connectivity index (χ4n) is 3.51. The monoisotopic (exact) mass is 381 g/mol. The summed E-state index contributed by atoms with van der Waals surface area (Å²) >= 11 is 0. The second-order valence-electron chi connectivity index (χ2n) is 7.19. The van der Waals surface area contributed by atoms with Gasteiger partial charge in [0.2, 0.25) is 11.8 Å². The Bertz CT molecular complexity index is 988. The van der Waals surface area contributed by atoms with E-state index in [0.29, 0.717) is 13.1 Å². The van der Waals surface area contributed by atoms with E-state index >= 15 is 0 Å². The van der Waals surface area contributed by atoms with E-state index in [4.69, 9.17) is 0 Å². The van der Waals surface area contributed by atoms with Gasteiger partial charge in [0, 0.05) is 37.6 Å². The number of hydrogen-bond donors (Lipinski definition) is 2. The molecule has 7 nitrogen and oxygen atoms in total. The highest BCUT2D eigenvalue weighted by Gasteiger charge is 2.22. The number of aromatic nitrogens is 3. The fourth-order valence-corrected chi connectivity index (χ4v) is 3.51. The number of aryl methyl sites for hydroxylation is 2. The van der Waals surface area contributed by atoms with Crippen molar-refractivity contribution >= 4 is 22.7 Å². The number of benzene rings is 1. The Labute approximate surface area is 164 Å². The molecule has 2 N–H and O–H groups in total. The summed E-state index contributed by atoms with van der Waals surface area (Å²) in [5.74, 6) is -0.317. The van der Waals surface area contributed by atoms with Crippen LogP contribution in [0, 0.1) is 6.92 Å². The second kappa shape index (κ2) is 8.29. The maximum absolute atomic E-state index is 13.0. The number of aromatic amines is 1. The van der Waals surface area contributed by atoms with Crippen molar-refractivity contribution in [1.29, 1.82) is 0 Å². The van der Waals surface area contributed by atoms with Gasteiger partial charge in [0.1, 0.15) is 6.04 Å². The Morgan fingerprint density at radius 1 is 1.32 bits per heavy atom. The molecule has 2 aromatic heterocycles. The van der Waals surface area contributed by atoms with Crippen molar-refractivity contribution in [2.75, 3.05) is 6.54 Å². The van der Waals surface area contributed by atoms with E-state index < -0.39 is 6.04 Å². The minimum atomic E-state index is -0.574. The average molecular weight is 381 g/mol. The molecule has 3 rings (SSSR count). The van der Waals surface area contributed by atoms with Gasteiger partial charge < -0.3 is 15.2 Å². The molecule has 0 fully saturated rings. The molecule has 28 heavy (non-hydrogen) atoms. The van der Waals surface area contributed by atoms with Gasteiger partial charge in [-0.25, -0.2) is 0 Å². The number of amides is 2.